The molecule has 172 valence electrons. The first-order valence-corrected chi connectivity index (χ1v) is 12.2. The number of benzene rings is 1. The van der Waals surface area contributed by atoms with Gasteiger partial charge >= 0.3 is 0 Å². The average Bonchev–Trinajstić information content (AvgIpc) is 2.80. The lowest BCUT2D eigenvalue weighted by Crippen LogP contribution is -2.58. The van der Waals surface area contributed by atoms with E-state index in [1.165, 1.54) is 31.6 Å². The summed E-state index contributed by atoms with van der Waals surface area (Å²) in [6.07, 6.45) is 5.72. The summed E-state index contributed by atoms with van der Waals surface area (Å²) < 4.78 is 12.0. The molecule has 0 saturated carbocycles. The van der Waals surface area contributed by atoms with Crippen LogP contribution >= 0.6 is 0 Å². The highest BCUT2D eigenvalue weighted by Crippen LogP contribution is 2.33. The monoisotopic (exact) mass is 429 g/mol. The van der Waals surface area contributed by atoms with Gasteiger partial charge in [-0.1, -0.05) is 6.92 Å². The van der Waals surface area contributed by atoms with Gasteiger partial charge in [-0.15, -0.1) is 0 Å². The van der Waals surface area contributed by atoms with Crippen molar-refractivity contribution in [1.82, 2.24) is 9.80 Å². The molecule has 3 aliphatic heterocycles. The molecular weight excluding hydrogens is 390 g/mol. The van der Waals surface area contributed by atoms with Gasteiger partial charge in [0.25, 0.3) is 0 Å². The Balaban J connectivity index is 1.20. The second-order valence-corrected chi connectivity index (χ2v) is 9.61. The van der Waals surface area contributed by atoms with E-state index in [1.54, 1.807) is 0 Å². The third-order valence-corrected chi connectivity index (χ3v) is 7.22. The topological polar surface area (TPSA) is 45.2 Å². The number of likely N-dealkylation sites (tertiary alicyclic amines) is 1. The van der Waals surface area contributed by atoms with Gasteiger partial charge in [0.15, 0.2) is 0 Å². The van der Waals surface area contributed by atoms with Gasteiger partial charge in [-0.2, -0.15) is 0 Å². The predicted molar refractivity (Wildman–Crippen MR) is 124 cm³/mol. The fourth-order valence-electron chi connectivity index (χ4n) is 5.27. The number of carbonyl (C=O) groups is 1. The summed E-state index contributed by atoms with van der Waals surface area (Å²) in [5, 5.41) is 0. The highest BCUT2D eigenvalue weighted by Gasteiger charge is 2.41. The minimum atomic E-state index is -0.157. The zero-order valence-electron chi connectivity index (χ0n) is 19.4. The maximum Gasteiger partial charge on any atom is 0.248 e. The zero-order valence-corrected chi connectivity index (χ0v) is 19.4. The Morgan fingerprint density at radius 1 is 1.16 bits per heavy atom. The Labute approximate surface area is 187 Å². The Kier molecular flexibility index (Phi) is 7.39. The Morgan fingerprint density at radius 2 is 1.94 bits per heavy atom. The van der Waals surface area contributed by atoms with Crippen molar-refractivity contribution in [3.8, 4) is 5.75 Å². The summed E-state index contributed by atoms with van der Waals surface area (Å²) in [4.78, 5) is 18.9. The van der Waals surface area contributed by atoms with Gasteiger partial charge < -0.3 is 24.2 Å². The van der Waals surface area contributed by atoms with Gasteiger partial charge in [0.2, 0.25) is 5.91 Å². The van der Waals surface area contributed by atoms with Crippen LogP contribution in [0.15, 0.2) is 24.3 Å². The van der Waals surface area contributed by atoms with Crippen molar-refractivity contribution < 1.29 is 14.3 Å². The third kappa shape index (κ3) is 5.72. The number of hydrogen-bond acceptors (Lipinski definition) is 5. The lowest BCUT2D eigenvalue weighted by atomic mass is 9.89. The number of piperidine rings is 2. The van der Waals surface area contributed by atoms with Crippen molar-refractivity contribution in [2.45, 2.75) is 51.6 Å². The van der Waals surface area contributed by atoms with Gasteiger partial charge in [0.05, 0.1) is 12.2 Å². The van der Waals surface area contributed by atoms with Crippen LogP contribution in [0.1, 0.15) is 46.0 Å². The first-order chi connectivity index (χ1) is 15.1. The summed E-state index contributed by atoms with van der Waals surface area (Å²) in [5.74, 6) is 1.92. The highest BCUT2D eigenvalue weighted by molar-refractivity contribution is 5.78. The number of carbonyl (C=O) groups excluding carboxylic acids is 1. The van der Waals surface area contributed by atoms with Crippen LogP contribution in [0, 0.1) is 5.92 Å². The molecule has 0 N–H and O–H groups in total. The molecule has 1 amide bonds. The molecule has 0 aromatic heterocycles. The quantitative estimate of drug-likeness (QED) is 0.622. The van der Waals surface area contributed by atoms with E-state index in [2.05, 4.69) is 41.0 Å². The minimum absolute atomic E-state index is 0.122. The number of amides is 1. The van der Waals surface area contributed by atoms with Gasteiger partial charge in [-0.3, -0.25) is 4.79 Å². The summed E-state index contributed by atoms with van der Waals surface area (Å²) >= 11 is 0. The Hall–Kier alpha value is -1.79. The third-order valence-electron chi connectivity index (χ3n) is 7.22. The molecule has 6 nitrogen and oxygen atoms in total. The van der Waals surface area contributed by atoms with Crippen molar-refractivity contribution in [1.29, 1.82) is 0 Å². The van der Waals surface area contributed by atoms with Crippen molar-refractivity contribution in [3.05, 3.63) is 24.3 Å². The number of morpholine rings is 1. The van der Waals surface area contributed by atoms with Crippen molar-refractivity contribution in [2.75, 3.05) is 63.9 Å². The molecule has 1 aromatic rings. The first kappa shape index (κ1) is 22.4. The maximum absolute atomic E-state index is 11.9. The second kappa shape index (κ2) is 10.2. The molecule has 3 aliphatic rings. The first-order valence-electron chi connectivity index (χ1n) is 12.2. The van der Waals surface area contributed by atoms with Crippen LogP contribution < -0.4 is 9.64 Å². The van der Waals surface area contributed by atoms with Gasteiger partial charge in [0, 0.05) is 45.0 Å². The van der Waals surface area contributed by atoms with E-state index in [9.17, 15) is 4.79 Å². The number of rotatable bonds is 7. The Bertz CT molecular complexity index is 715. The molecule has 1 atom stereocenters. The fourth-order valence-corrected chi connectivity index (χ4v) is 5.27. The molecule has 0 aliphatic carbocycles. The number of anilines is 1. The molecular formula is C25H39N3O3. The van der Waals surface area contributed by atoms with E-state index in [0.717, 1.165) is 70.3 Å². The van der Waals surface area contributed by atoms with E-state index in [4.69, 9.17) is 9.47 Å². The minimum Gasteiger partial charge on any atom is -0.494 e. The zero-order chi connectivity index (χ0) is 21.7. The van der Waals surface area contributed by atoms with Crippen LogP contribution in [-0.2, 0) is 9.53 Å². The molecule has 1 spiro atoms. The molecule has 4 rings (SSSR count). The van der Waals surface area contributed by atoms with E-state index >= 15 is 0 Å². The maximum atomic E-state index is 11.9. The van der Waals surface area contributed by atoms with Crippen LogP contribution in [0.25, 0.3) is 0 Å². The van der Waals surface area contributed by atoms with Crippen LogP contribution in [0.5, 0.6) is 5.75 Å². The van der Waals surface area contributed by atoms with E-state index in [0.29, 0.717) is 0 Å². The Morgan fingerprint density at radius 3 is 2.65 bits per heavy atom. The molecule has 0 unspecified atom stereocenters. The molecule has 3 fully saturated rings. The molecule has 0 radical (unpaired) electrons. The van der Waals surface area contributed by atoms with Crippen molar-refractivity contribution in [3.63, 3.8) is 0 Å². The average molecular weight is 430 g/mol. The lowest BCUT2D eigenvalue weighted by molar-refractivity contribution is -0.166. The number of likely N-dealkylation sites (N-methyl/N-ethyl adjacent to an activating group) is 1. The normalized spacial score (nSPS) is 24.6. The number of ether oxygens (including phenoxy) is 2. The SMILES string of the molecule is CCN1CC2(CCN(c3ccc(OCCCN4CCC[C@H](C)C4)cc3)CC2)OCC1=O. The molecule has 31 heavy (non-hydrogen) atoms. The van der Waals surface area contributed by atoms with Gasteiger partial charge in [-0.25, -0.2) is 0 Å². The smallest absolute Gasteiger partial charge is 0.248 e. The van der Waals surface area contributed by atoms with Crippen molar-refractivity contribution in [2.24, 2.45) is 5.92 Å². The predicted octanol–water partition coefficient (Wildman–Crippen LogP) is 3.41. The highest BCUT2D eigenvalue weighted by atomic mass is 16.5. The standard InChI is InChI=1S/C25H39N3O3/c1-3-27-20-25(31-19-24(27)29)11-15-28(16-12-25)22-7-9-23(10-8-22)30-17-5-14-26-13-4-6-21(2)18-26/h7-10,21H,3-6,11-20H2,1-2H3/t21-/m0/s1. The molecule has 3 heterocycles. The summed E-state index contributed by atoms with van der Waals surface area (Å²) in [7, 11) is 0. The lowest BCUT2D eigenvalue weighted by Gasteiger charge is -2.47. The summed E-state index contributed by atoms with van der Waals surface area (Å²) in [6, 6.07) is 8.53. The molecule has 0 bridgehead atoms. The summed E-state index contributed by atoms with van der Waals surface area (Å²) in [5.41, 5.74) is 1.08. The van der Waals surface area contributed by atoms with Crippen LogP contribution in [-0.4, -0.2) is 80.3 Å². The van der Waals surface area contributed by atoms with E-state index in [1.807, 2.05) is 11.8 Å². The van der Waals surface area contributed by atoms with Crippen molar-refractivity contribution >= 4 is 11.6 Å². The largest absolute Gasteiger partial charge is 0.494 e. The molecule has 1 aromatic carbocycles. The second-order valence-electron chi connectivity index (χ2n) is 9.61. The molecule has 3 saturated heterocycles. The van der Waals surface area contributed by atoms with Gasteiger partial charge in [0.1, 0.15) is 12.4 Å². The van der Waals surface area contributed by atoms with Crippen LogP contribution in [0.3, 0.4) is 0 Å². The van der Waals surface area contributed by atoms with E-state index in [-0.39, 0.29) is 18.1 Å². The van der Waals surface area contributed by atoms with Crippen LogP contribution in [0.2, 0.25) is 0 Å². The number of nitrogens with zero attached hydrogens (tertiary/aromatic N) is 3. The van der Waals surface area contributed by atoms with Gasteiger partial charge in [-0.05, 0) is 75.8 Å². The van der Waals surface area contributed by atoms with Crippen LogP contribution in [0.4, 0.5) is 5.69 Å². The summed E-state index contributed by atoms with van der Waals surface area (Å²) in [6.45, 7) is 12.5. The number of hydrogen-bond donors (Lipinski definition) is 0. The molecule has 6 heteroatoms. The van der Waals surface area contributed by atoms with E-state index < -0.39 is 0 Å². The fraction of sp³-hybridized carbons (Fsp3) is 0.720.